The third kappa shape index (κ3) is 3.85. The van der Waals surface area contributed by atoms with Crippen LogP contribution in [0.3, 0.4) is 0 Å². The number of hydrogen-bond acceptors (Lipinski definition) is 5. The van der Waals surface area contributed by atoms with Crippen LogP contribution < -0.4 is 16.4 Å². The molecule has 3 heterocycles. The summed E-state index contributed by atoms with van der Waals surface area (Å²) >= 11 is 0. The number of carbonyl (C=O) groups excluding carboxylic acids is 1. The standard InChI is InChI=1S/C22H26FN5O2/c23-16-3-1-13(2-4-16)20-6-5-19(24)21(26-20)27-22(29)28-9-14-7-17(8-15(14)10-28)25-18-11-30-12-18/h1-6,14-15,17-18,25H,7-12,24H2,(H,26,27,29). The number of urea groups is 1. The van der Waals surface area contributed by atoms with Gasteiger partial charge in [-0.05, 0) is 61.1 Å². The van der Waals surface area contributed by atoms with Crippen LogP contribution in [0.15, 0.2) is 36.4 Å². The van der Waals surface area contributed by atoms with Gasteiger partial charge in [-0.2, -0.15) is 0 Å². The molecule has 3 fully saturated rings. The van der Waals surface area contributed by atoms with Gasteiger partial charge in [0.1, 0.15) is 5.82 Å². The summed E-state index contributed by atoms with van der Waals surface area (Å²) in [6.45, 7) is 3.14. The van der Waals surface area contributed by atoms with E-state index in [1.54, 1.807) is 24.3 Å². The zero-order chi connectivity index (χ0) is 20.7. The van der Waals surface area contributed by atoms with E-state index < -0.39 is 0 Å². The van der Waals surface area contributed by atoms with E-state index in [9.17, 15) is 9.18 Å². The fourth-order valence-electron chi connectivity index (χ4n) is 4.80. The van der Waals surface area contributed by atoms with Crippen molar-refractivity contribution in [1.29, 1.82) is 0 Å². The second kappa shape index (κ2) is 7.85. The molecule has 1 aromatic carbocycles. The largest absolute Gasteiger partial charge is 0.396 e. The van der Waals surface area contributed by atoms with Crippen LogP contribution in [0.25, 0.3) is 11.3 Å². The number of nitrogen functional groups attached to an aromatic ring is 1. The third-order valence-corrected chi connectivity index (χ3v) is 6.44. The minimum Gasteiger partial charge on any atom is -0.396 e. The van der Waals surface area contributed by atoms with Crippen molar-refractivity contribution >= 4 is 17.5 Å². The van der Waals surface area contributed by atoms with Gasteiger partial charge in [0.05, 0.1) is 30.6 Å². The highest BCUT2D eigenvalue weighted by atomic mass is 19.1. The molecule has 0 bridgehead atoms. The number of amides is 2. The Morgan fingerprint density at radius 2 is 1.77 bits per heavy atom. The zero-order valence-electron chi connectivity index (χ0n) is 16.7. The summed E-state index contributed by atoms with van der Waals surface area (Å²) in [6.07, 6.45) is 2.21. The van der Waals surface area contributed by atoms with Crippen molar-refractivity contribution in [2.45, 2.75) is 24.9 Å². The lowest BCUT2D eigenvalue weighted by Crippen LogP contribution is -2.50. The molecule has 1 aromatic heterocycles. The van der Waals surface area contributed by atoms with Crippen molar-refractivity contribution in [3.63, 3.8) is 0 Å². The zero-order valence-corrected chi connectivity index (χ0v) is 16.7. The second-order valence-electron chi connectivity index (χ2n) is 8.57. The first-order chi connectivity index (χ1) is 14.5. The number of ether oxygens (including phenoxy) is 1. The molecule has 2 amide bonds. The fourth-order valence-corrected chi connectivity index (χ4v) is 4.80. The SMILES string of the molecule is Nc1ccc(-c2ccc(F)cc2)nc1NC(=O)N1CC2CC(NC3COC3)CC2C1. The number of halogens is 1. The van der Waals surface area contributed by atoms with Crippen molar-refractivity contribution in [2.24, 2.45) is 11.8 Å². The van der Waals surface area contributed by atoms with Crippen LogP contribution in [0.5, 0.6) is 0 Å². The van der Waals surface area contributed by atoms with Gasteiger partial charge in [-0.1, -0.05) is 0 Å². The van der Waals surface area contributed by atoms with E-state index in [0.717, 1.165) is 44.7 Å². The lowest BCUT2D eigenvalue weighted by molar-refractivity contribution is -0.0101. The molecule has 1 saturated carbocycles. The maximum Gasteiger partial charge on any atom is 0.323 e. The van der Waals surface area contributed by atoms with Crippen molar-refractivity contribution in [3.05, 3.63) is 42.2 Å². The molecule has 3 aliphatic rings. The quantitative estimate of drug-likeness (QED) is 0.719. The molecule has 0 radical (unpaired) electrons. The summed E-state index contributed by atoms with van der Waals surface area (Å²) in [4.78, 5) is 19.2. The molecule has 1 aliphatic carbocycles. The molecule has 2 unspecified atom stereocenters. The molecule has 4 N–H and O–H groups in total. The minimum atomic E-state index is -0.305. The molecule has 2 atom stereocenters. The molecule has 7 nitrogen and oxygen atoms in total. The number of aromatic nitrogens is 1. The minimum absolute atomic E-state index is 0.170. The fraction of sp³-hybridized carbons (Fsp3) is 0.455. The Bertz CT molecular complexity index is 920. The van der Waals surface area contributed by atoms with E-state index in [0.29, 0.717) is 41.1 Å². The molecule has 2 aromatic rings. The number of nitrogens with two attached hydrogens (primary N) is 1. The van der Waals surface area contributed by atoms with Gasteiger partial charge in [0.25, 0.3) is 0 Å². The number of nitrogens with zero attached hydrogens (tertiary/aromatic N) is 2. The lowest BCUT2D eigenvalue weighted by atomic mass is 10.0. The van der Waals surface area contributed by atoms with Crippen LogP contribution in [-0.2, 0) is 4.74 Å². The highest BCUT2D eigenvalue weighted by molar-refractivity contribution is 5.92. The van der Waals surface area contributed by atoms with Crippen LogP contribution >= 0.6 is 0 Å². The predicted molar refractivity (Wildman–Crippen MR) is 112 cm³/mol. The van der Waals surface area contributed by atoms with Crippen LogP contribution in [0.1, 0.15) is 12.8 Å². The van der Waals surface area contributed by atoms with Crippen LogP contribution in [0, 0.1) is 17.7 Å². The van der Waals surface area contributed by atoms with E-state index in [-0.39, 0.29) is 11.8 Å². The van der Waals surface area contributed by atoms with Gasteiger partial charge in [0.2, 0.25) is 0 Å². The number of anilines is 2. The van der Waals surface area contributed by atoms with Gasteiger partial charge in [0.15, 0.2) is 5.82 Å². The van der Waals surface area contributed by atoms with Crippen LogP contribution in [0.4, 0.5) is 20.7 Å². The van der Waals surface area contributed by atoms with Gasteiger partial charge in [0, 0.05) is 24.7 Å². The number of fused-ring (bicyclic) bond motifs is 1. The molecule has 8 heteroatoms. The van der Waals surface area contributed by atoms with Gasteiger partial charge in [-0.25, -0.2) is 14.2 Å². The molecule has 0 spiro atoms. The van der Waals surface area contributed by atoms with Crippen LogP contribution in [0.2, 0.25) is 0 Å². The van der Waals surface area contributed by atoms with E-state index in [2.05, 4.69) is 15.6 Å². The highest BCUT2D eigenvalue weighted by Gasteiger charge is 2.43. The lowest BCUT2D eigenvalue weighted by Gasteiger charge is -2.30. The Morgan fingerprint density at radius 3 is 2.40 bits per heavy atom. The third-order valence-electron chi connectivity index (χ3n) is 6.44. The summed E-state index contributed by atoms with van der Waals surface area (Å²) in [6, 6.07) is 10.4. The average molecular weight is 411 g/mol. The normalized spacial score (nSPS) is 25.8. The maximum absolute atomic E-state index is 13.2. The molecule has 2 aliphatic heterocycles. The van der Waals surface area contributed by atoms with E-state index in [1.165, 1.54) is 12.1 Å². The van der Waals surface area contributed by atoms with E-state index >= 15 is 0 Å². The van der Waals surface area contributed by atoms with E-state index in [1.807, 2.05) is 4.90 Å². The number of benzene rings is 1. The number of nitrogens with one attached hydrogen (secondary N) is 2. The number of likely N-dealkylation sites (tertiary alicyclic amines) is 1. The summed E-state index contributed by atoms with van der Waals surface area (Å²) in [7, 11) is 0. The molecule has 158 valence electrons. The summed E-state index contributed by atoms with van der Waals surface area (Å²) in [5.74, 6) is 1.10. The highest BCUT2D eigenvalue weighted by Crippen LogP contribution is 2.38. The van der Waals surface area contributed by atoms with Crippen molar-refractivity contribution in [2.75, 3.05) is 37.4 Å². The number of pyridine rings is 1. The van der Waals surface area contributed by atoms with Gasteiger partial charge < -0.3 is 20.7 Å². The van der Waals surface area contributed by atoms with Crippen molar-refractivity contribution in [1.82, 2.24) is 15.2 Å². The number of rotatable bonds is 4. The summed E-state index contributed by atoms with van der Waals surface area (Å²) < 4.78 is 18.4. The van der Waals surface area contributed by atoms with Crippen molar-refractivity contribution in [3.8, 4) is 11.3 Å². The monoisotopic (exact) mass is 411 g/mol. The van der Waals surface area contributed by atoms with Gasteiger partial charge in [-0.15, -0.1) is 0 Å². The van der Waals surface area contributed by atoms with Gasteiger partial charge in [-0.3, -0.25) is 5.32 Å². The Morgan fingerprint density at radius 1 is 1.07 bits per heavy atom. The molecular formula is C22H26FN5O2. The van der Waals surface area contributed by atoms with Gasteiger partial charge >= 0.3 is 6.03 Å². The molecule has 5 rings (SSSR count). The Balaban J connectivity index is 1.21. The van der Waals surface area contributed by atoms with E-state index in [4.69, 9.17) is 10.5 Å². The first-order valence-corrected chi connectivity index (χ1v) is 10.5. The molecular weight excluding hydrogens is 385 g/mol. The average Bonchev–Trinajstić information content (AvgIpc) is 3.26. The second-order valence-corrected chi connectivity index (χ2v) is 8.57. The maximum atomic E-state index is 13.2. The van der Waals surface area contributed by atoms with Crippen molar-refractivity contribution < 1.29 is 13.9 Å². The number of hydrogen-bond donors (Lipinski definition) is 3. The van der Waals surface area contributed by atoms with Crippen LogP contribution in [-0.4, -0.2) is 54.3 Å². The Kier molecular flexibility index (Phi) is 5.04. The Hall–Kier alpha value is -2.71. The first-order valence-electron chi connectivity index (χ1n) is 10.5. The summed E-state index contributed by atoms with van der Waals surface area (Å²) in [5, 5.41) is 6.54. The molecule has 2 saturated heterocycles. The first kappa shape index (κ1) is 19.3. The predicted octanol–water partition coefficient (Wildman–Crippen LogP) is 2.70. The number of carbonyl (C=O) groups is 1. The molecule has 30 heavy (non-hydrogen) atoms. The smallest absolute Gasteiger partial charge is 0.323 e. The topological polar surface area (TPSA) is 92.5 Å². The Labute approximate surface area is 174 Å². The summed E-state index contributed by atoms with van der Waals surface area (Å²) in [5.41, 5.74) is 7.84.